The number of anilines is 1. The van der Waals surface area contributed by atoms with Gasteiger partial charge in [0.25, 0.3) is 11.6 Å². The Kier molecular flexibility index (Phi) is 7.37. The summed E-state index contributed by atoms with van der Waals surface area (Å²) in [6.07, 6.45) is 0. The Balaban J connectivity index is 2.05. The molecular weight excluding hydrogens is 555 g/mol. The van der Waals surface area contributed by atoms with Gasteiger partial charge in [-0.1, -0.05) is 41.4 Å². The zero-order chi connectivity index (χ0) is 27.8. The fraction of sp³-hybridized carbons (Fsp3) is 0.200. The van der Waals surface area contributed by atoms with Crippen molar-refractivity contribution < 1.29 is 22.9 Å². The molecule has 4 rings (SSSR count). The fourth-order valence-corrected chi connectivity index (χ4v) is 6.78. The van der Waals surface area contributed by atoms with Crippen LogP contribution in [0.5, 0.6) is 0 Å². The lowest BCUT2D eigenvalue weighted by molar-refractivity contribution is -0.384. The van der Waals surface area contributed by atoms with Crippen LogP contribution >= 0.6 is 23.2 Å². The molecule has 1 heterocycles. The van der Waals surface area contributed by atoms with Crippen molar-refractivity contribution in [2.24, 2.45) is 0 Å². The maximum absolute atomic E-state index is 14.0. The molecule has 1 atom stereocenters. The zero-order valence-electron chi connectivity index (χ0n) is 20.2. The topological polar surface area (TPSA) is 139 Å². The quantitative estimate of drug-likeness (QED) is 0.300. The largest absolute Gasteiger partial charge is 0.325 e. The van der Waals surface area contributed by atoms with Crippen molar-refractivity contribution in [1.29, 1.82) is 0 Å². The Morgan fingerprint density at radius 1 is 1.03 bits per heavy atom. The molecule has 0 fully saturated rings. The van der Waals surface area contributed by atoms with Crippen LogP contribution in [-0.4, -0.2) is 43.3 Å². The minimum atomic E-state index is -4.47. The van der Waals surface area contributed by atoms with Gasteiger partial charge in [0.1, 0.15) is 0 Å². The molecule has 0 bridgehead atoms. The standard InChI is InChI=1S/C25H22Cl2N4O6S/c1-3-30(4-2)24(33)29-25(17-7-5-6-8-18(17)26)21-20(28-23(25)32)14-13-19(27)22(21)38(36,37)16-11-9-15(10-12-16)31(34)35/h5-14H,3-4H2,1-2H3,(H,28,32)(H,29,33). The third kappa shape index (κ3) is 4.36. The van der Waals surface area contributed by atoms with E-state index in [4.69, 9.17) is 23.2 Å². The van der Waals surface area contributed by atoms with E-state index in [-0.39, 0.29) is 37.4 Å². The molecule has 3 amide bonds. The van der Waals surface area contributed by atoms with Crippen molar-refractivity contribution in [3.05, 3.63) is 92.0 Å². The average molecular weight is 577 g/mol. The fourth-order valence-electron chi connectivity index (χ4n) is 4.45. The number of carbonyl (C=O) groups excluding carboxylic acids is 2. The highest BCUT2D eigenvalue weighted by Gasteiger charge is 2.54. The van der Waals surface area contributed by atoms with Gasteiger partial charge >= 0.3 is 6.03 Å². The number of urea groups is 1. The summed E-state index contributed by atoms with van der Waals surface area (Å²) in [4.78, 5) is 38.3. The maximum Gasteiger partial charge on any atom is 0.318 e. The number of hydrogen-bond acceptors (Lipinski definition) is 6. The molecule has 10 nitrogen and oxygen atoms in total. The van der Waals surface area contributed by atoms with Gasteiger partial charge in [-0.05, 0) is 44.2 Å². The van der Waals surface area contributed by atoms with E-state index in [9.17, 15) is 28.1 Å². The highest BCUT2D eigenvalue weighted by molar-refractivity contribution is 7.91. The monoisotopic (exact) mass is 576 g/mol. The van der Waals surface area contributed by atoms with E-state index >= 15 is 0 Å². The van der Waals surface area contributed by atoms with Crippen LogP contribution in [0, 0.1) is 10.1 Å². The highest BCUT2D eigenvalue weighted by Crippen LogP contribution is 2.49. The number of nitro benzene ring substituents is 1. The summed E-state index contributed by atoms with van der Waals surface area (Å²) >= 11 is 13.0. The molecular formula is C25H22Cl2N4O6S. The molecule has 0 aliphatic carbocycles. The smallest absolute Gasteiger partial charge is 0.318 e. The van der Waals surface area contributed by atoms with Crippen LogP contribution in [-0.2, 0) is 20.2 Å². The van der Waals surface area contributed by atoms with E-state index in [1.807, 2.05) is 0 Å². The molecule has 2 N–H and O–H groups in total. The SMILES string of the molecule is CCN(CC)C(=O)NC1(c2ccccc2Cl)C(=O)Nc2ccc(Cl)c(S(=O)(=O)c3ccc([N+](=O)[O-])cc3)c21. The molecule has 1 unspecified atom stereocenters. The number of carbonyl (C=O) groups is 2. The lowest BCUT2D eigenvalue weighted by Crippen LogP contribution is -2.56. The van der Waals surface area contributed by atoms with Gasteiger partial charge in [-0.15, -0.1) is 0 Å². The molecule has 3 aromatic carbocycles. The first-order chi connectivity index (χ1) is 18.0. The van der Waals surface area contributed by atoms with Crippen LogP contribution in [0.2, 0.25) is 10.0 Å². The summed E-state index contributed by atoms with van der Waals surface area (Å²) in [5.41, 5.74) is -2.23. The summed E-state index contributed by atoms with van der Waals surface area (Å²) < 4.78 is 28.0. The minimum Gasteiger partial charge on any atom is -0.325 e. The molecule has 0 saturated carbocycles. The predicted molar refractivity (Wildman–Crippen MR) is 142 cm³/mol. The van der Waals surface area contributed by atoms with Gasteiger partial charge < -0.3 is 15.5 Å². The Morgan fingerprint density at radius 3 is 2.24 bits per heavy atom. The number of hydrogen-bond donors (Lipinski definition) is 2. The average Bonchev–Trinajstić information content (AvgIpc) is 3.16. The van der Waals surface area contributed by atoms with Crippen LogP contribution in [0.3, 0.4) is 0 Å². The molecule has 1 aliphatic heterocycles. The molecule has 0 saturated heterocycles. The number of non-ortho nitro benzene ring substituents is 1. The first kappa shape index (κ1) is 27.4. The molecule has 3 aromatic rings. The van der Waals surface area contributed by atoms with Crippen molar-refractivity contribution in [2.45, 2.75) is 29.2 Å². The Hall–Kier alpha value is -3.67. The van der Waals surface area contributed by atoms with E-state index in [1.54, 1.807) is 26.0 Å². The lowest BCUT2D eigenvalue weighted by atomic mass is 9.83. The molecule has 38 heavy (non-hydrogen) atoms. The van der Waals surface area contributed by atoms with Gasteiger partial charge in [-0.25, -0.2) is 13.2 Å². The van der Waals surface area contributed by atoms with Gasteiger partial charge in [0.2, 0.25) is 9.84 Å². The number of sulfone groups is 1. The van der Waals surface area contributed by atoms with E-state index in [1.165, 1.54) is 29.2 Å². The van der Waals surface area contributed by atoms with E-state index in [2.05, 4.69) is 10.6 Å². The number of halogens is 2. The molecule has 0 aromatic heterocycles. The number of nitrogens with zero attached hydrogens (tertiary/aromatic N) is 2. The van der Waals surface area contributed by atoms with Crippen LogP contribution in [0.15, 0.2) is 70.5 Å². The van der Waals surface area contributed by atoms with E-state index in [0.717, 1.165) is 24.3 Å². The molecule has 0 spiro atoms. The summed E-state index contributed by atoms with van der Waals surface area (Å²) in [7, 11) is -4.47. The minimum absolute atomic E-state index is 0.106. The van der Waals surface area contributed by atoms with Crippen molar-refractivity contribution in [1.82, 2.24) is 10.2 Å². The lowest BCUT2D eigenvalue weighted by Gasteiger charge is -2.34. The van der Waals surface area contributed by atoms with Crippen LogP contribution < -0.4 is 10.6 Å². The number of rotatable bonds is 7. The number of amides is 3. The molecule has 1 aliphatic rings. The zero-order valence-corrected chi connectivity index (χ0v) is 22.5. The van der Waals surface area contributed by atoms with Crippen LogP contribution in [0.1, 0.15) is 25.0 Å². The third-order valence-corrected chi connectivity index (χ3v) is 8.93. The van der Waals surface area contributed by atoms with Crippen molar-refractivity contribution >= 4 is 56.4 Å². The maximum atomic E-state index is 14.0. The first-order valence-corrected chi connectivity index (χ1v) is 13.7. The summed E-state index contributed by atoms with van der Waals surface area (Å²) in [6, 6.07) is 12.7. The summed E-state index contributed by atoms with van der Waals surface area (Å²) in [5.74, 6) is -0.733. The second-order valence-electron chi connectivity index (χ2n) is 8.34. The predicted octanol–water partition coefficient (Wildman–Crippen LogP) is 4.98. The Bertz CT molecular complexity index is 1560. The van der Waals surface area contributed by atoms with Gasteiger partial charge in [0, 0.05) is 47.1 Å². The van der Waals surface area contributed by atoms with Crippen molar-refractivity contribution in [3.8, 4) is 0 Å². The number of nitrogens with one attached hydrogen (secondary N) is 2. The summed E-state index contributed by atoms with van der Waals surface area (Å²) in [5, 5.41) is 16.4. The first-order valence-electron chi connectivity index (χ1n) is 11.4. The second kappa shape index (κ2) is 10.2. The van der Waals surface area contributed by atoms with Gasteiger partial charge in [-0.2, -0.15) is 0 Å². The van der Waals surface area contributed by atoms with Gasteiger partial charge in [0.15, 0.2) is 5.54 Å². The second-order valence-corrected chi connectivity index (χ2v) is 11.0. The summed E-state index contributed by atoms with van der Waals surface area (Å²) in [6.45, 7) is 4.16. The molecule has 0 radical (unpaired) electrons. The molecule has 13 heteroatoms. The van der Waals surface area contributed by atoms with Crippen LogP contribution in [0.4, 0.5) is 16.2 Å². The Labute approximate surface area is 228 Å². The Morgan fingerprint density at radius 2 is 1.66 bits per heavy atom. The number of benzene rings is 3. The highest BCUT2D eigenvalue weighted by atomic mass is 35.5. The number of nitro groups is 1. The van der Waals surface area contributed by atoms with E-state index in [0.29, 0.717) is 13.1 Å². The number of fused-ring (bicyclic) bond motifs is 1. The third-order valence-electron chi connectivity index (χ3n) is 6.32. The van der Waals surface area contributed by atoms with E-state index < -0.39 is 37.1 Å². The van der Waals surface area contributed by atoms with Gasteiger partial charge in [-0.3, -0.25) is 14.9 Å². The normalized spacial score (nSPS) is 16.5. The van der Waals surface area contributed by atoms with Crippen molar-refractivity contribution in [2.75, 3.05) is 18.4 Å². The molecule has 198 valence electrons. The van der Waals surface area contributed by atoms with Gasteiger partial charge in [0.05, 0.1) is 19.7 Å². The van der Waals surface area contributed by atoms with Crippen LogP contribution in [0.25, 0.3) is 0 Å². The van der Waals surface area contributed by atoms with Crippen molar-refractivity contribution in [3.63, 3.8) is 0 Å².